The summed E-state index contributed by atoms with van der Waals surface area (Å²) in [4.78, 5) is 23.7. The third-order valence-electron chi connectivity index (χ3n) is 3.79. The Kier molecular flexibility index (Phi) is 4.39. The van der Waals surface area contributed by atoms with E-state index in [1.807, 2.05) is 0 Å². The maximum absolute atomic E-state index is 12.1. The molecule has 1 aliphatic carbocycles. The van der Waals surface area contributed by atoms with Crippen LogP contribution in [0.1, 0.15) is 36.0 Å². The summed E-state index contributed by atoms with van der Waals surface area (Å²) in [6.45, 7) is 0. The number of esters is 1. The molecule has 2 rings (SSSR count). The summed E-state index contributed by atoms with van der Waals surface area (Å²) in [5.41, 5.74) is 0.489. The number of hydrogen-bond donors (Lipinski definition) is 1. The van der Waals surface area contributed by atoms with Crippen molar-refractivity contribution in [1.29, 1.82) is 0 Å². The second-order valence-electron chi connectivity index (χ2n) is 5.00. The van der Waals surface area contributed by atoms with Crippen LogP contribution in [0.15, 0.2) is 24.3 Å². The molecule has 5 nitrogen and oxygen atoms in total. The van der Waals surface area contributed by atoms with Gasteiger partial charge in [-0.2, -0.15) is 0 Å². The van der Waals surface area contributed by atoms with Crippen molar-refractivity contribution in [1.82, 2.24) is 0 Å². The Bertz CT molecular complexity index is 503. The van der Waals surface area contributed by atoms with Gasteiger partial charge in [0.15, 0.2) is 0 Å². The molecule has 20 heavy (non-hydrogen) atoms. The second kappa shape index (κ2) is 6.05. The van der Waals surface area contributed by atoms with Gasteiger partial charge in [-0.25, -0.2) is 4.79 Å². The van der Waals surface area contributed by atoms with Crippen LogP contribution in [0, 0.1) is 0 Å². The SMILES string of the molecule is COC(=O)c1ccccc1NC(=O)CC1(OC)CCC1. The van der Waals surface area contributed by atoms with Crippen molar-refractivity contribution >= 4 is 17.6 Å². The molecule has 0 saturated heterocycles. The summed E-state index contributed by atoms with van der Waals surface area (Å²) in [5.74, 6) is -0.617. The van der Waals surface area contributed by atoms with Crippen LogP contribution < -0.4 is 5.32 Å². The third-order valence-corrected chi connectivity index (χ3v) is 3.79. The Balaban J connectivity index is 2.06. The van der Waals surface area contributed by atoms with Crippen LogP contribution in [-0.2, 0) is 14.3 Å². The number of benzene rings is 1. The minimum absolute atomic E-state index is 0.150. The van der Waals surface area contributed by atoms with E-state index in [2.05, 4.69) is 5.32 Å². The Morgan fingerprint density at radius 2 is 1.95 bits per heavy atom. The van der Waals surface area contributed by atoms with E-state index in [0.29, 0.717) is 17.7 Å². The van der Waals surface area contributed by atoms with Gasteiger partial charge in [-0.3, -0.25) is 4.79 Å². The monoisotopic (exact) mass is 277 g/mol. The molecular weight excluding hydrogens is 258 g/mol. The highest BCUT2D eigenvalue weighted by atomic mass is 16.5. The van der Waals surface area contributed by atoms with E-state index in [4.69, 9.17) is 9.47 Å². The van der Waals surface area contributed by atoms with Gasteiger partial charge in [0.2, 0.25) is 5.91 Å². The number of carbonyl (C=O) groups is 2. The lowest BCUT2D eigenvalue weighted by atomic mass is 9.77. The number of para-hydroxylation sites is 1. The quantitative estimate of drug-likeness (QED) is 0.839. The molecule has 1 amide bonds. The molecule has 0 atom stereocenters. The molecule has 0 radical (unpaired) electrons. The van der Waals surface area contributed by atoms with Crippen molar-refractivity contribution in [3.05, 3.63) is 29.8 Å². The minimum Gasteiger partial charge on any atom is -0.465 e. The predicted molar refractivity (Wildman–Crippen MR) is 74.6 cm³/mol. The first kappa shape index (κ1) is 14.5. The fourth-order valence-electron chi connectivity index (χ4n) is 2.39. The second-order valence-corrected chi connectivity index (χ2v) is 5.00. The first-order valence-corrected chi connectivity index (χ1v) is 6.62. The highest BCUT2D eigenvalue weighted by molar-refractivity contribution is 6.01. The van der Waals surface area contributed by atoms with Crippen LogP contribution in [0.5, 0.6) is 0 Å². The number of anilines is 1. The van der Waals surface area contributed by atoms with Gasteiger partial charge in [-0.1, -0.05) is 12.1 Å². The van der Waals surface area contributed by atoms with E-state index in [1.54, 1.807) is 31.4 Å². The molecule has 0 unspecified atom stereocenters. The molecule has 5 heteroatoms. The normalized spacial score (nSPS) is 16.1. The molecule has 108 valence electrons. The van der Waals surface area contributed by atoms with Gasteiger partial charge in [0, 0.05) is 7.11 Å². The molecule has 1 N–H and O–H groups in total. The van der Waals surface area contributed by atoms with Crippen molar-refractivity contribution in [2.75, 3.05) is 19.5 Å². The Hall–Kier alpha value is -1.88. The van der Waals surface area contributed by atoms with Crippen LogP contribution in [0.25, 0.3) is 0 Å². The molecule has 1 aliphatic rings. The molecule has 1 aromatic carbocycles. The lowest BCUT2D eigenvalue weighted by molar-refractivity contribution is -0.129. The Labute approximate surface area is 118 Å². The van der Waals surface area contributed by atoms with Crippen molar-refractivity contribution in [3.63, 3.8) is 0 Å². The van der Waals surface area contributed by atoms with E-state index in [0.717, 1.165) is 19.3 Å². The maximum Gasteiger partial charge on any atom is 0.339 e. The number of carbonyl (C=O) groups excluding carboxylic acids is 2. The highest BCUT2D eigenvalue weighted by Gasteiger charge is 2.39. The summed E-state index contributed by atoms with van der Waals surface area (Å²) in [6, 6.07) is 6.79. The lowest BCUT2D eigenvalue weighted by Crippen LogP contribution is -2.42. The largest absolute Gasteiger partial charge is 0.465 e. The smallest absolute Gasteiger partial charge is 0.339 e. The van der Waals surface area contributed by atoms with Crippen molar-refractivity contribution in [2.24, 2.45) is 0 Å². The van der Waals surface area contributed by atoms with Crippen LogP contribution in [0.2, 0.25) is 0 Å². The topological polar surface area (TPSA) is 64.6 Å². The highest BCUT2D eigenvalue weighted by Crippen LogP contribution is 2.38. The van der Waals surface area contributed by atoms with Gasteiger partial charge < -0.3 is 14.8 Å². The summed E-state index contributed by atoms with van der Waals surface area (Å²) in [5, 5.41) is 2.76. The fraction of sp³-hybridized carbons (Fsp3) is 0.467. The number of nitrogens with one attached hydrogen (secondary N) is 1. The average molecular weight is 277 g/mol. The van der Waals surface area contributed by atoms with Crippen molar-refractivity contribution < 1.29 is 19.1 Å². The van der Waals surface area contributed by atoms with E-state index in [9.17, 15) is 9.59 Å². The van der Waals surface area contributed by atoms with Crippen molar-refractivity contribution in [3.8, 4) is 0 Å². The summed E-state index contributed by atoms with van der Waals surface area (Å²) in [6.07, 6.45) is 3.18. The molecule has 0 bridgehead atoms. The average Bonchev–Trinajstić information content (AvgIpc) is 2.42. The van der Waals surface area contributed by atoms with Crippen LogP contribution in [0.4, 0.5) is 5.69 Å². The maximum atomic E-state index is 12.1. The number of amides is 1. The van der Waals surface area contributed by atoms with E-state index < -0.39 is 5.97 Å². The third kappa shape index (κ3) is 2.99. The molecule has 1 fully saturated rings. The van der Waals surface area contributed by atoms with Gasteiger partial charge in [0.05, 0.1) is 30.4 Å². The molecule has 0 spiro atoms. The molecule has 0 heterocycles. The molecule has 1 aromatic rings. The zero-order valence-corrected chi connectivity index (χ0v) is 11.8. The fourth-order valence-corrected chi connectivity index (χ4v) is 2.39. The first-order valence-electron chi connectivity index (χ1n) is 6.62. The van der Waals surface area contributed by atoms with E-state index in [-0.39, 0.29) is 11.5 Å². The van der Waals surface area contributed by atoms with E-state index in [1.165, 1.54) is 7.11 Å². The van der Waals surface area contributed by atoms with Crippen LogP contribution in [0.3, 0.4) is 0 Å². The molecular formula is C15H19NO4. The predicted octanol–water partition coefficient (Wildman–Crippen LogP) is 2.37. The number of methoxy groups -OCH3 is 2. The number of hydrogen-bond acceptors (Lipinski definition) is 4. The summed E-state index contributed by atoms with van der Waals surface area (Å²) >= 11 is 0. The standard InChI is InChI=1S/C15H19NO4/c1-19-14(18)11-6-3-4-7-12(11)16-13(17)10-15(20-2)8-5-9-15/h3-4,6-7H,5,8-10H2,1-2H3,(H,16,17). The van der Waals surface area contributed by atoms with Gasteiger partial charge >= 0.3 is 5.97 Å². The zero-order valence-electron chi connectivity index (χ0n) is 11.8. The molecule has 0 aliphatic heterocycles. The number of ether oxygens (including phenoxy) is 2. The Morgan fingerprint density at radius 3 is 2.50 bits per heavy atom. The minimum atomic E-state index is -0.467. The van der Waals surface area contributed by atoms with Gasteiger partial charge in [-0.15, -0.1) is 0 Å². The molecule has 1 saturated carbocycles. The van der Waals surface area contributed by atoms with Gasteiger partial charge in [-0.05, 0) is 31.4 Å². The van der Waals surface area contributed by atoms with Crippen LogP contribution >= 0.6 is 0 Å². The Morgan fingerprint density at radius 1 is 1.25 bits per heavy atom. The summed E-state index contributed by atoms with van der Waals surface area (Å²) < 4.78 is 10.1. The van der Waals surface area contributed by atoms with Crippen molar-refractivity contribution in [2.45, 2.75) is 31.3 Å². The van der Waals surface area contributed by atoms with Gasteiger partial charge in [0.25, 0.3) is 0 Å². The molecule has 0 aromatic heterocycles. The van der Waals surface area contributed by atoms with Gasteiger partial charge in [0.1, 0.15) is 0 Å². The first-order chi connectivity index (χ1) is 9.60. The van der Waals surface area contributed by atoms with E-state index >= 15 is 0 Å². The summed E-state index contributed by atoms with van der Waals surface area (Å²) in [7, 11) is 2.95. The zero-order chi connectivity index (χ0) is 14.6. The van der Waals surface area contributed by atoms with Crippen LogP contribution in [-0.4, -0.2) is 31.7 Å². The lowest BCUT2D eigenvalue weighted by Gasteiger charge is -2.39. The number of rotatable bonds is 5.